The molecule has 1 atom stereocenters. The normalized spacial score (nSPS) is 18.1. The first-order valence-electron chi connectivity index (χ1n) is 9.21. The summed E-state index contributed by atoms with van der Waals surface area (Å²) in [7, 11) is 1.47. The van der Waals surface area contributed by atoms with Crippen molar-refractivity contribution in [2.75, 3.05) is 7.11 Å². The highest BCUT2D eigenvalue weighted by Gasteiger charge is 2.46. The molecule has 5 nitrogen and oxygen atoms in total. The monoisotopic (exact) mass is 423 g/mol. The number of hydrogen-bond donors (Lipinski definition) is 1. The van der Waals surface area contributed by atoms with Gasteiger partial charge in [-0.1, -0.05) is 30.3 Å². The lowest BCUT2D eigenvalue weighted by atomic mass is 9.99. The maximum atomic E-state index is 13.3. The summed E-state index contributed by atoms with van der Waals surface area (Å²) < 4.78 is 18.6. The average molecular weight is 423 g/mol. The van der Waals surface area contributed by atoms with Crippen LogP contribution in [0.25, 0.3) is 5.76 Å². The summed E-state index contributed by atoms with van der Waals surface area (Å²) in [5.41, 5.74) is 1.02. The molecular formula is C23H18FNO4S. The fraction of sp³-hybridized carbons (Fsp3) is 0.130. The van der Waals surface area contributed by atoms with Crippen LogP contribution in [0.4, 0.5) is 4.39 Å². The second-order valence-corrected chi connectivity index (χ2v) is 7.75. The first kappa shape index (κ1) is 19.8. The predicted molar refractivity (Wildman–Crippen MR) is 112 cm³/mol. The minimum absolute atomic E-state index is 0.00839. The molecule has 2 heterocycles. The number of amides is 1. The second-order valence-electron chi connectivity index (χ2n) is 6.77. The van der Waals surface area contributed by atoms with Gasteiger partial charge in [0.05, 0.1) is 24.3 Å². The van der Waals surface area contributed by atoms with Gasteiger partial charge in [-0.2, -0.15) is 0 Å². The van der Waals surface area contributed by atoms with Gasteiger partial charge < -0.3 is 14.7 Å². The molecule has 0 aliphatic carbocycles. The van der Waals surface area contributed by atoms with Crippen LogP contribution in [0.15, 0.2) is 71.6 Å². The minimum atomic E-state index is -0.765. The van der Waals surface area contributed by atoms with Crippen molar-refractivity contribution in [3.63, 3.8) is 0 Å². The Balaban J connectivity index is 1.84. The second kappa shape index (κ2) is 8.12. The SMILES string of the molecule is COc1ccccc1/C(O)=C1/C(=O)C(=O)N(Cc2ccc(F)cc2)C1c1cccs1. The third kappa shape index (κ3) is 3.48. The summed E-state index contributed by atoms with van der Waals surface area (Å²) in [5.74, 6) is -1.75. The Morgan fingerprint density at radius 3 is 2.50 bits per heavy atom. The third-order valence-corrected chi connectivity index (χ3v) is 5.91. The van der Waals surface area contributed by atoms with Gasteiger partial charge in [0, 0.05) is 11.4 Å². The van der Waals surface area contributed by atoms with Gasteiger partial charge in [0.1, 0.15) is 17.3 Å². The van der Waals surface area contributed by atoms with Gasteiger partial charge in [0.2, 0.25) is 0 Å². The van der Waals surface area contributed by atoms with E-state index >= 15 is 0 Å². The predicted octanol–water partition coefficient (Wildman–Crippen LogP) is 4.52. The van der Waals surface area contributed by atoms with E-state index in [4.69, 9.17) is 4.74 Å². The Morgan fingerprint density at radius 1 is 1.10 bits per heavy atom. The van der Waals surface area contributed by atoms with Gasteiger partial charge in [-0.25, -0.2) is 4.39 Å². The molecule has 1 aliphatic rings. The number of Topliss-reactive ketones (excluding diaryl/α,β-unsaturated/α-hetero) is 1. The lowest BCUT2D eigenvalue weighted by Gasteiger charge is -2.24. The lowest BCUT2D eigenvalue weighted by Crippen LogP contribution is -2.28. The topological polar surface area (TPSA) is 66.8 Å². The number of benzene rings is 2. The van der Waals surface area contributed by atoms with Crippen molar-refractivity contribution < 1.29 is 23.8 Å². The van der Waals surface area contributed by atoms with Gasteiger partial charge in [-0.3, -0.25) is 9.59 Å². The van der Waals surface area contributed by atoms with Gasteiger partial charge in [-0.05, 0) is 41.3 Å². The van der Waals surface area contributed by atoms with Crippen molar-refractivity contribution in [1.29, 1.82) is 0 Å². The molecule has 0 saturated carbocycles. The molecule has 1 unspecified atom stereocenters. The van der Waals surface area contributed by atoms with Crippen molar-refractivity contribution in [3.8, 4) is 5.75 Å². The van der Waals surface area contributed by atoms with Gasteiger partial charge >= 0.3 is 0 Å². The summed E-state index contributed by atoms with van der Waals surface area (Å²) in [6.07, 6.45) is 0. The van der Waals surface area contributed by atoms with E-state index in [0.29, 0.717) is 16.9 Å². The van der Waals surface area contributed by atoms with E-state index < -0.39 is 17.7 Å². The molecule has 0 bridgehead atoms. The number of ether oxygens (including phenoxy) is 1. The third-order valence-electron chi connectivity index (χ3n) is 4.98. The minimum Gasteiger partial charge on any atom is -0.507 e. The fourth-order valence-electron chi connectivity index (χ4n) is 3.56. The van der Waals surface area contributed by atoms with Crippen molar-refractivity contribution >= 4 is 28.8 Å². The van der Waals surface area contributed by atoms with Crippen LogP contribution in [-0.2, 0) is 16.1 Å². The van der Waals surface area contributed by atoms with Gasteiger partial charge in [0.25, 0.3) is 11.7 Å². The smallest absolute Gasteiger partial charge is 0.295 e. The maximum absolute atomic E-state index is 13.3. The van der Waals surface area contributed by atoms with Crippen LogP contribution in [0, 0.1) is 5.82 Å². The molecular weight excluding hydrogens is 405 g/mol. The Hall–Kier alpha value is -3.45. The number of ketones is 1. The number of aliphatic hydroxyl groups excluding tert-OH is 1. The van der Waals surface area contributed by atoms with E-state index in [1.54, 1.807) is 36.4 Å². The number of carbonyl (C=O) groups excluding carboxylic acids is 2. The summed E-state index contributed by atoms with van der Waals surface area (Å²) in [4.78, 5) is 28.0. The van der Waals surface area contributed by atoms with Crippen LogP contribution < -0.4 is 4.74 Å². The Morgan fingerprint density at radius 2 is 1.83 bits per heavy atom. The van der Waals surface area contributed by atoms with E-state index in [1.807, 2.05) is 17.5 Å². The maximum Gasteiger partial charge on any atom is 0.295 e. The molecule has 3 aromatic rings. The summed E-state index contributed by atoms with van der Waals surface area (Å²) in [6.45, 7) is 0.107. The highest BCUT2D eigenvalue weighted by molar-refractivity contribution is 7.10. The molecule has 1 saturated heterocycles. The molecule has 152 valence electrons. The van der Waals surface area contributed by atoms with Crippen LogP contribution >= 0.6 is 11.3 Å². The first-order chi connectivity index (χ1) is 14.5. The number of thiophene rings is 1. The number of para-hydroxylation sites is 1. The van der Waals surface area contributed by atoms with Crippen LogP contribution in [0.2, 0.25) is 0 Å². The Kier molecular flexibility index (Phi) is 5.37. The highest BCUT2D eigenvalue weighted by Crippen LogP contribution is 2.42. The Bertz CT molecular complexity index is 1120. The van der Waals surface area contributed by atoms with Crippen molar-refractivity contribution in [2.45, 2.75) is 12.6 Å². The number of nitrogens with zero attached hydrogens (tertiary/aromatic N) is 1. The number of halogens is 1. The van der Waals surface area contributed by atoms with E-state index in [1.165, 1.54) is 35.5 Å². The molecule has 0 spiro atoms. The van der Waals surface area contributed by atoms with Crippen LogP contribution in [-0.4, -0.2) is 28.8 Å². The Labute approximate surface area is 176 Å². The quantitative estimate of drug-likeness (QED) is 0.372. The largest absolute Gasteiger partial charge is 0.507 e. The number of hydrogen-bond acceptors (Lipinski definition) is 5. The number of likely N-dealkylation sites (tertiary alicyclic amines) is 1. The number of aliphatic hydroxyl groups is 1. The zero-order valence-corrected chi connectivity index (χ0v) is 16.9. The van der Waals surface area contributed by atoms with E-state index in [9.17, 15) is 19.1 Å². The van der Waals surface area contributed by atoms with Crippen molar-refractivity contribution in [1.82, 2.24) is 4.90 Å². The number of carbonyl (C=O) groups is 2. The van der Waals surface area contributed by atoms with Crippen LogP contribution in [0.3, 0.4) is 0 Å². The van der Waals surface area contributed by atoms with Gasteiger partial charge in [0.15, 0.2) is 0 Å². The standard InChI is InChI=1S/C23H18FNO4S/c1-29-17-6-3-2-5-16(17)21(26)19-20(18-7-4-12-30-18)25(23(28)22(19)27)13-14-8-10-15(24)11-9-14/h2-12,20,26H,13H2,1H3/b21-19-. The van der Waals surface area contributed by atoms with Gasteiger partial charge in [-0.15, -0.1) is 11.3 Å². The molecule has 1 aliphatic heterocycles. The van der Waals surface area contributed by atoms with Crippen molar-refractivity contribution in [3.05, 3.63) is 93.4 Å². The molecule has 30 heavy (non-hydrogen) atoms. The number of rotatable bonds is 5. The molecule has 1 fully saturated rings. The number of methoxy groups -OCH3 is 1. The molecule has 1 amide bonds. The summed E-state index contributed by atoms with van der Waals surface area (Å²) >= 11 is 1.38. The zero-order chi connectivity index (χ0) is 21.3. The van der Waals surface area contributed by atoms with E-state index in [2.05, 4.69) is 0 Å². The molecule has 1 aromatic heterocycles. The fourth-order valence-corrected chi connectivity index (χ4v) is 4.40. The average Bonchev–Trinajstić information content (AvgIpc) is 3.37. The van der Waals surface area contributed by atoms with Crippen molar-refractivity contribution in [2.24, 2.45) is 0 Å². The van der Waals surface area contributed by atoms with Crippen LogP contribution in [0.1, 0.15) is 22.0 Å². The molecule has 7 heteroatoms. The molecule has 4 rings (SSSR count). The van der Waals surface area contributed by atoms with Crippen LogP contribution in [0.5, 0.6) is 5.75 Å². The first-order valence-corrected chi connectivity index (χ1v) is 10.1. The lowest BCUT2D eigenvalue weighted by molar-refractivity contribution is -0.140. The molecule has 2 aromatic carbocycles. The van der Waals surface area contributed by atoms with E-state index in [-0.39, 0.29) is 23.7 Å². The molecule has 0 radical (unpaired) electrons. The molecule has 1 N–H and O–H groups in total. The summed E-state index contributed by atoms with van der Waals surface area (Å²) in [6, 6.07) is 15.4. The van der Waals surface area contributed by atoms with E-state index in [0.717, 1.165) is 4.88 Å². The summed E-state index contributed by atoms with van der Waals surface area (Å²) in [5, 5.41) is 12.9. The highest BCUT2D eigenvalue weighted by atomic mass is 32.1. The zero-order valence-electron chi connectivity index (χ0n) is 16.0.